The minimum absolute atomic E-state index is 0.277. The van der Waals surface area contributed by atoms with Gasteiger partial charge in [0.1, 0.15) is 46.4 Å². The Kier molecular flexibility index (Phi) is 10.5. The number of methoxy groups -OCH3 is 2. The first kappa shape index (κ1) is 43.0. The van der Waals surface area contributed by atoms with Crippen LogP contribution in [0.15, 0.2) is 109 Å². The summed E-state index contributed by atoms with van der Waals surface area (Å²) in [6, 6.07) is 29.4. The van der Waals surface area contributed by atoms with Gasteiger partial charge in [-0.3, -0.25) is 9.59 Å². The molecule has 11 rings (SSSR count). The maximum atomic E-state index is 14.4. The van der Waals surface area contributed by atoms with E-state index in [2.05, 4.69) is 57.0 Å². The number of fused-ring (bicyclic) bond motifs is 6. The SMILES string of the molecule is COC(=O)NC(C(=O)N1CC2CCC1(c1nc3ccc(-c4ccc(-c5ccc6nc(C78CCC(CN7C(=O)C(NC(=O)OC)c7ccc(F)cc7)C8)[nH]c6c5)cc4)cc3[nH]1)C2)c1ccc(F)cc1. The van der Waals surface area contributed by atoms with Crippen LogP contribution in [0.2, 0.25) is 0 Å². The number of H-pyrrole nitrogens is 2. The number of amides is 4. The van der Waals surface area contributed by atoms with Crippen LogP contribution in [0, 0.1) is 23.5 Å². The first-order valence-electron chi connectivity index (χ1n) is 22.9. The molecule has 2 aliphatic carbocycles. The van der Waals surface area contributed by atoms with Crippen LogP contribution in [0.1, 0.15) is 73.4 Å². The van der Waals surface area contributed by atoms with Gasteiger partial charge in [-0.05, 0) is 132 Å². The van der Waals surface area contributed by atoms with E-state index in [1.54, 1.807) is 0 Å². The number of benzene rings is 5. The van der Waals surface area contributed by atoms with Crippen molar-refractivity contribution in [2.45, 2.75) is 61.7 Å². The molecule has 2 aromatic heterocycles. The second-order valence-electron chi connectivity index (χ2n) is 18.6. The highest BCUT2D eigenvalue weighted by Gasteiger charge is 2.58. The monoisotopic (exact) mass is 918 g/mol. The van der Waals surface area contributed by atoms with Crippen LogP contribution in [0.3, 0.4) is 0 Å². The predicted octanol–water partition coefficient (Wildman–Crippen LogP) is 8.92. The highest BCUT2D eigenvalue weighted by Crippen LogP contribution is 2.54. The summed E-state index contributed by atoms with van der Waals surface area (Å²) in [5, 5.41) is 5.35. The molecule has 4 bridgehead atoms. The lowest BCUT2D eigenvalue weighted by Gasteiger charge is -2.39. The van der Waals surface area contributed by atoms with E-state index in [-0.39, 0.29) is 23.7 Å². The van der Waals surface area contributed by atoms with Crippen molar-refractivity contribution in [2.75, 3.05) is 27.3 Å². The Morgan fingerprint density at radius 3 is 1.34 bits per heavy atom. The van der Waals surface area contributed by atoms with Crippen molar-refractivity contribution in [1.29, 1.82) is 0 Å². The molecule has 2 saturated heterocycles. The van der Waals surface area contributed by atoms with Crippen molar-refractivity contribution in [3.63, 3.8) is 0 Å². The number of carbonyl (C=O) groups is 4. The van der Waals surface area contributed by atoms with Crippen molar-refractivity contribution in [1.82, 2.24) is 40.4 Å². The summed E-state index contributed by atoms with van der Waals surface area (Å²) in [5.41, 5.74) is 6.73. The Balaban J connectivity index is 0.835. The number of hydrogen-bond donors (Lipinski definition) is 4. The Labute approximate surface area is 389 Å². The van der Waals surface area contributed by atoms with Crippen molar-refractivity contribution < 1.29 is 37.4 Å². The third-order valence-electron chi connectivity index (χ3n) is 14.8. The zero-order chi connectivity index (χ0) is 46.9. The van der Waals surface area contributed by atoms with Gasteiger partial charge in [0.25, 0.3) is 11.8 Å². The van der Waals surface area contributed by atoms with E-state index >= 15 is 0 Å². The molecular weight excluding hydrogens is 871 g/mol. The average molecular weight is 919 g/mol. The molecule has 4 N–H and O–H groups in total. The molecule has 68 heavy (non-hydrogen) atoms. The molecule has 346 valence electrons. The Hall–Kier alpha value is -7.62. The average Bonchev–Trinajstić information content (AvgIpc) is 4.24. The van der Waals surface area contributed by atoms with Gasteiger partial charge in [0.05, 0.1) is 36.3 Å². The molecule has 2 aliphatic heterocycles. The van der Waals surface area contributed by atoms with Gasteiger partial charge in [0.2, 0.25) is 0 Å². The summed E-state index contributed by atoms with van der Waals surface area (Å²) in [5.74, 6) is 0.454. The number of alkyl carbamates (subject to hydrolysis) is 2. The topological polar surface area (TPSA) is 175 Å². The van der Waals surface area contributed by atoms with E-state index in [9.17, 15) is 28.0 Å². The molecule has 2 saturated carbocycles. The molecular formula is C52H48F2N8O6. The van der Waals surface area contributed by atoms with Gasteiger partial charge >= 0.3 is 12.2 Å². The van der Waals surface area contributed by atoms with Crippen molar-refractivity contribution >= 4 is 46.1 Å². The molecule has 14 nitrogen and oxygen atoms in total. The van der Waals surface area contributed by atoms with Crippen LogP contribution in [0.25, 0.3) is 44.3 Å². The zero-order valence-electron chi connectivity index (χ0n) is 37.4. The highest BCUT2D eigenvalue weighted by atomic mass is 19.1. The lowest BCUT2D eigenvalue weighted by atomic mass is 9.94. The molecule has 16 heteroatoms. The fraction of sp³-hybridized carbons (Fsp3) is 0.308. The molecule has 7 aromatic rings. The number of piperidine rings is 2. The van der Waals surface area contributed by atoms with Gasteiger partial charge in [-0.15, -0.1) is 0 Å². The van der Waals surface area contributed by atoms with Crippen LogP contribution in [-0.2, 0) is 30.1 Å². The lowest BCUT2D eigenvalue weighted by Crippen LogP contribution is -2.51. The molecule has 5 aromatic carbocycles. The summed E-state index contributed by atoms with van der Waals surface area (Å²) in [7, 11) is 2.47. The molecule has 0 spiro atoms. The number of rotatable bonds is 10. The highest BCUT2D eigenvalue weighted by molar-refractivity contribution is 5.90. The van der Waals surface area contributed by atoms with E-state index in [1.807, 2.05) is 34.1 Å². The first-order valence-corrected chi connectivity index (χ1v) is 22.9. The van der Waals surface area contributed by atoms with Gasteiger partial charge in [-0.1, -0.05) is 60.7 Å². The standard InChI is InChI=1S/C52H48F2N8O6/c1-67-49(65)59-43(33-7-13-37(53)14-8-33)45(63)61-27-29-19-21-51(61,25-29)47-55-39-17-11-35(23-41(39)57-47)31-3-5-32(6-4-31)36-12-18-40-42(24-36)58-48(56-40)52-22-20-30(26-52)28-62(52)46(64)44(60-50(66)68-2)34-9-15-38(54)16-10-34/h3-18,23-24,29-30,43-44H,19-22,25-28H2,1-2H3,(H,55,57)(H,56,58)(H,59,65)(H,60,66). The normalized spacial score (nSPS) is 22.4. The van der Waals surface area contributed by atoms with E-state index in [4.69, 9.17) is 19.4 Å². The predicted molar refractivity (Wildman–Crippen MR) is 247 cm³/mol. The second kappa shape index (κ2) is 16.6. The molecule has 4 fully saturated rings. The lowest BCUT2D eigenvalue weighted by molar-refractivity contribution is -0.140. The van der Waals surface area contributed by atoms with E-state index in [0.29, 0.717) is 48.7 Å². The van der Waals surface area contributed by atoms with Gasteiger partial charge in [0, 0.05) is 13.1 Å². The summed E-state index contributed by atoms with van der Waals surface area (Å²) >= 11 is 0. The summed E-state index contributed by atoms with van der Waals surface area (Å²) < 4.78 is 37.5. The third-order valence-corrected chi connectivity index (χ3v) is 14.8. The number of halogens is 2. The van der Waals surface area contributed by atoms with Crippen LogP contribution >= 0.6 is 0 Å². The maximum Gasteiger partial charge on any atom is 0.407 e. The number of nitrogens with zero attached hydrogens (tertiary/aromatic N) is 4. The van der Waals surface area contributed by atoms with Crippen LogP contribution in [0.4, 0.5) is 18.4 Å². The van der Waals surface area contributed by atoms with Gasteiger partial charge < -0.3 is 39.9 Å². The Morgan fingerprint density at radius 2 is 0.971 bits per heavy atom. The largest absolute Gasteiger partial charge is 0.453 e. The van der Waals surface area contributed by atoms with Crippen molar-refractivity contribution in [3.05, 3.63) is 144 Å². The fourth-order valence-corrected chi connectivity index (χ4v) is 11.4. The Bertz CT molecular complexity index is 2910. The number of carbonyl (C=O) groups excluding carboxylic acids is 4. The van der Waals surface area contributed by atoms with Crippen LogP contribution < -0.4 is 10.6 Å². The van der Waals surface area contributed by atoms with Crippen molar-refractivity contribution in [2.24, 2.45) is 11.8 Å². The van der Waals surface area contributed by atoms with Crippen molar-refractivity contribution in [3.8, 4) is 22.3 Å². The van der Waals surface area contributed by atoms with Gasteiger partial charge in [0.15, 0.2) is 0 Å². The number of hydrogen-bond acceptors (Lipinski definition) is 8. The molecule has 6 atom stereocenters. The number of nitrogens with one attached hydrogen (secondary N) is 4. The Morgan fingerprint density at radius 1 is 0.588 bits per heavy atom. The third kappa shape index (κ3) is 7.29. The zero-order valence-corrected chi connectivity index (χ0v) is 37.4. The fourth-order valence-electron chi connectivity index (χ4n) is 11.4. The molecule has 6 unspecified atom stereocenters. The summed E-state index contributed by atoms with van der Waals surface area (Å²) in [6.07, 6.45) is 3.27. The molecule has 4 amide bonds. The number of aromatic nitrogens is 4. The second-order valence-corrected chi connectivity index (χ2v) is 18.6. The number of aromatic amines is 2. The summed E-state index contributed by atoms with van der Waals surface area (Å²) in [6.45, 7) is 1.03. The minimum atomic E-state index is -1.07. The first-order chi connectivity index (χ1) is 32.9. The number of imidazole rings is 2. The number of ether oxygens (including phenoxy) is 2. The van der Waals surface area contributed by atoms with Crippen LogP contribution in [-0.4, -0.2) is 81.0 Å². The van der Waals surface area contributed by atoms with Crippen LogP contribution in [0.5, 0.6) is 0 Å². The molecule has 4 aliphatic rings. The molecule has 0 radical (unpaired) electrons. The minimum Gasteiger partial charge on any atom is -0.453 e. The number of likely N-dealkylation sites (tertiary alicyclic amines) is 2. The van der Waals surface area contributed by atoms with E-state index in [1.165, 1.54) is 62.8 Å². The van der Waals surface area contributed by atoms with E-state index < -0.39 is 47.0 Å². The summed E-state index contributed by atoms with van der Waals surface area (Å²) in [4.78, 5) is 74.6. The smallest absolute Gasteiger partial charge is 0.407 e. The quantitative estimate of drug-likeness (QED) is 0.105. The van der Waals surface area contributed by atoms with Gasteiger partial charge in [-0.2, -0.15) is 0 Å². The molecule has 4 heterocycles. The maximum absolute atomic E-state index is 14.4. The van der Waals surface area contributed by atoms with Gasteiger partial charge in [-0.25, -0.2) is 28.3 Å². The van der Waals surface area contributed by atoms with E-state index in [0.717, 1.165) is 70.0 Å².